The number of rotatable bonds is 8. The van der Waals surface area contributed by atoms with Crippen LogP contribution in [0.1, 0.15) is 54.3 Å². The van der Waals surface area contributed by atoms with Crippen molar-refractivity contribution >= 4 is 11.9 Å². The molecule has 0 saturated heterocycles. The van der Waals surface area contributed by atoms with Gasteiger partial charge in [-0.1, -0.05) is 30.3 Å². The van der Waals surface area contributed by atoms with Gasteiger partial charge < -0.3 is 19.9 Å². The monoisotopic (exact) mass is 397 g/mol. The number of carbonyl (C=O) groups is 2. The average Bonchev–Trinajstić information content (AvgIpc) is 2.72. The van der Waals surface area contributed by atoms with Crippen LogP contribution in [0.2, 0.25) is 0 Å². The fourth-order valence-corrected chi connectivity index (χ4v) is 4.04. The summed E-state index contributed by atoms with van der Waals surface area (Å²) < 4.78 is 10.6. The van der Waals surface area contributed by atoms with Crippen LogP contribution in [0.4, 0.5) is 0 Å². The molecule has 2 unspecified atom stereocenters. The van der Waals surface area contributed by atoms with Gasteiger partial charge in [0.2, 0.25) is 5.91 Å². The minimum Gasteiger partial charge on any atom is -0.493 e. The van der Waals surface area contributed by atoms with Crippen LogP contribution >= 0.6 is 0 Å². The van der Waals surface area contributed by atoms with E-state index in [9.17, 15) is 14.7 Å². The largest absolute Gasteiger partial charge is 0.493 e. The Labute approximate surface area is 170 Å². The predicted molar refractivity (Wildman–Crippen MR) is 109 cm³/mol. The molecule has 1 aliphatic carbocycles. The van der Waals surface area contributed by atoms with Crippen molar-refractivity contribution in [3.05, 3.63) is 59.2 Å². The Morgan fingerprint density at radius 3 is 2.62 bits per heavy atom. The van der Waals surface area contributed by atoms with E-state index < -0.39 is 12.0 Å². The van der Waals surface area contributed by atoms with Crippen LogP contribution in [0.5, 0.6) is 11.5 Å². The number of aliphatic carboxylic acids is 1. The van der Waals surface area contributed by atoms with Crippen molar-refractivity contribution in [3.8, 4) is 11.5 Å². The molecular weight excluding hydrogens is 370 g/mol. The van der Waals surface area contributed by atoms with Crippen LogP contribution in [0.25, 0.3) is 0 Å². The summed E-state index contributed by atoms with van der Waals surface area (Å²) in [5.74, 6) is 0.0861. The van der Waals surface area contributed by atoms with Gasteiger partial charge in [-0.15, -0.1) is 0 Å². The maximum atomic E-state index is 12.8. The van der Waals surface area contributed by atoms with Gasteiger partial charge in [0.05, 0.1) is 26.7 Å². The third-order valence-electron chi connectivity index (χ3n) is 5.45. The topological polar surface area (TPSA) is 84.9 Å². The Morgan fingerprint density at radius 2 is 1.90 bits per heavy atom. The lowest BCUT2D eigenvalue weighted by atomic mass is 9.81. The van der Waals surface area contributed by atoms with Crippen molar-refractivity contribution in [3.63, 3.8) is 0 Å². The fraction of sp³-hybridized carbons (Fsp3) is 0.391. The summed E-state index contributed by atoms with van der Waals surface area (Å²) in [7, 11) is 3.06. The van der Waals surface area contributed by atoms with Gasteiger partial charge in [0.25, 0.3) is 0 Å². The van der Waals surface area contributed by atoms with E-state index in [0.717, 1.165) is 19.3 Å². The number of carbonyl (C=O) groups excluding carboxylic acids is 1. The second-order valence-electron chi connectivity index (χ2n) is 7.32. The van der Waals surface area contributed by atoms with Crippen LogP contribution in [0.15, 0.2) is 42.5 Å². The van der Waals surface area contributed by atoms with E-state index in [1.807, 2.05) is 12.1 Å². The molecule has 29 heavy (non-hydrogen) atoms. The molecule has 6 nitrogen and oxygen atoms in total. The number of hydrogen-bond acceptors (Lipinski definition) is 4. The van der Waals surface area contributed by atoms with Gasteiger partial charge in [0.15, 0.2) is 11.5 Å². The van der Waals surface area contributed by atoms with E-state index in [1.165, 1.54) is 25.3 Å². The molecule has 0 fully saturated rings. The first-order valence-electron chi connectivity index (χ1n) is 9.82. The molecule has 1 amide bonds. The summed E-state index contributed by atoms with van der Waals surface area (Å²) in [6.45, 7) is 0. The number of amides is 1. The number of nitrogens with one attached hydrogen (secondary N) is 1. The minimum atomic E-state index is -0.979. The lowest BCUT2D eigenvalue weighted by Crippen LogP contribution is -2.31. The molecule has 2 N–H and O–H groups in total. The van der Waals surface area contributed by atoms with Gasteiger partial charge in [-0.3, -0.25) is 9.59 Å². The lowest BCUT2D eigenvalue weighted by molar-refractivity contribution is -0.137. The Morgan fingerprint density at radius 1 is 1.14 bits per heavy atom. The zero-order valence-corrected chi connectivity index (χ0v) is 16.8. The predicted octanol–water partition coefficient (Wildman–Crippen LogP) is 3.85. The van der Waals surface area contributed by atoms with Crippen molar-refractivity contribution in [2.24, 2.45) is 0 Å². The zero-order valence-electron chi connectivity index (χ0n) is 16.8. The van der Waals surface area contributed by atoms with E-state index in [2.05, 4.69) is 17.4 Å². The van der Waals surface area contributed by atoms with Gasteiger partial charge in [0, 0.05) is 6.42 Å². The van der Waals surface area contributed by atoms with E-state index in [0.29, 0.717) is 23.5 Å². The summed E-state index contributed by atoms with van der Waals surface area (Å²) in [4.78, 5) is 24.2. The van der Waals surface area contributed by atoms with Gasteiger partial charge in [-0.2, -0.15) is 0 Å². The molecule has 1 aliphatic rings. The van der Waals surface area contributed by atoms with Crippen LogP contribution in [-0.2, 0) is 16.0 Å². The highest BCUT2D eigenvalue weighted by atomic mass is 16.5. The van der Waals surface area contributed by atoms with E-state index >= 15 is 0 Å². The molecule has 6 heteroatoms. The fourth-order valence-electron chi connectivity index (χ4n) is 4.04. The molecule has 0 bridgehead atoms. The lowest BCUT2D eigenvalue weighted by Gasteiger charge is -2.26. The van der Waals surface area contributed by atoms with Crippen LogP contribution in [0.3, 0.4) is 0 Å². The normalized spacial score (nSPS) is 16.4. The van der Waals surface area contributed by atoms with Gasteiger partial charge in [-0.25, -0.2) is 0 Å². The van der Waals surface area contributed by atoms with E-state index in [4.69, 9.17) is 9.47 Å². The van der Waals surface area contributed by atoms with Gasteiger partial charge >= 0.3 is 5.97 Å². The first-order chi connectivity index (χ1) is 14.0. The number of methoxy groups -OCH3 is 2. The van der Waals surface area contributed by atoms with Crippen LogP contribution < -0.4 is 14.8 Å². The minimum absolute atomic E-state index is 0.146. The molecule has 0 saturated carbocycles. The summed E-state index contributed by atoms with van der Waals surface area (Å²) in [5.41, 5.74) is 3.20. The molecular formula is C23H27NO5. The quantitative estimate of drug-likeness (QED) is 0.707. The van der Waals surface area contributed by atoms with Crippen molar-refractivity contribution in [1.82, 2.24) is 5.32 Å². The molecule has 0 heterocycles. The second kappa shape index (κ2) is 9.45. The Kier molecular flexibility index (Phi) is 6.75. The van der Waals surface area contributed by atoms with Crippen LogP contribution in [-0.4, -0.2) is 31.2 Å². The Hall–Kier alpha value is -3.02. The summed E-state index contributed by atoms with van der Waals surface area (Å²) in [6.07, 6.45) is 3.21. The zero-order chi connectivity index (χ0) is 20.8. The maximum Gasteiger partial charge on any atom is 0.305 e. The number of fused-ring (bicyclic) bond motifs is 1. The highest BCUT2D eigenvalue weighted by Gasteiger charge is 2.25. The first-order valence-corrected chi connectivity index (χ1v) is 9.82. The smallest absolute Gasteiger partial charge is 0.305 e. The number of carboxylic acid groups (broad SMARTS) is 1. The van der Waals surface area contributed by atoms with Gasteiger partial charge in [0.1, 0.15) is 0 Å². The third-order valence-corrected chi connectivity index (χ3v) is 5.45. The Bertz CT molecular complexity index is 879. The van der Waals surface area contributed by atoms with Crippen LogP contribution in [0, 0.1) is 0 Å². The van der Waals surface area contributed by atoms with Crippen molar-refractivity contribution in [2.45, 2.75) is 44.1 Å². The SMILES string of the molecule is COc1ccc(C(CC(=O)O)NC(=O)CC2CCCc3ccccc32)cc1OC. The molecule has 154 valence electrons. The molecule has 0 radical (unpaired) electrons. The number of hydrogen-bond donors (Lipinski definition) is 2. The van der Waals surface area contributed by atoms with Crippen molar-refractivity contribution < 1.29 is 24.2 Å². The Balaban J connectivity index is 1.76. The van der Waals surface area contributed by atoms with Gasteiger partial charge in [-0.05, 0) is 54.0 Å². The molecule has 2 aromatic rings. The maximum absolute atomic E-state index is 12.8. The highest BCUT2D eigenvalue weighted by molar-refractivity contribution is 5.78. The van der Waals surface area contributed by atoms with Crippen molar-refractivity contribution in [2.75, 3.05) is 14.2 Å². The number of carboxylic acids is 1. The third kappa shape index (κ3) is 5.08. The molecule has 2 atom stereocenters. The molecule has 2 aromatic carbocycles. The summed E-state index contributed by atoms with van der Waals surface area (Å²) in [6, 6.07) is 12.8. The molecule has 0 aromatic heterocycles. The number of aryl methyl sites for hydroxylation is 1. The molecule has 0 spiro atoms. The highest BCUT2D eigenvalue weighted by Crippen LogP contribution is 2.35. The van der Waals surface area contributed by atoms with Crippen molar-refractivity contribution in [1.29, 1.82) is 0 Å². The summed E-state index contributed by atoms with van der Waals surface area (Å²) >= 11 is 0. The number of benzene rings is 2. The first kappa shape index (κ1) is 20.7. The molecule has 0 aliphatic heterocycles. The second-order valence-corrected chi connectivity index (χ2v) is 7.32. The van der Waals surface area contributed by atoms with E-state index in [-0.39, 0.29) is 18.2 Å². The average molecular weight is 397 g/mol. The van der Waals surface area contributed by atoms with E-state index in [1.54, 1.807) is 18.2 Å². The molecule has 3 rings (SSSR count). The standard InChI is InChI=1S/C23H27NO5/c1-28-20-11-10-17(12-21(20)29-2)19(14-23(26)27)24-22(25)13-16-8-5-7-15-6-3-4-9-18(15)16/h3-4,6,9-12,16,19H,5,7-8,13-14H2,1-2H3,(H,24,25)(H,26,27). The summed E-state index contributed by atoms with van der Waals surface area (Å²) in [5, 5.41) is 12.2. The number of ether oxygens (including phenoxy) is 2.